The van der Waals surface area contributed by atoms with Crippen molar-refractivity contribution in [1.82, 2.24) is 10.1 Å². The molecule has 9 heteroatoms. The molecule has 0 spiro atoms. The van der Waals surface area contributed by atoms with Gasteiger partial charge in [-0.15, -0.1) is 0 Å². The molecule has 1 aliphatic heterocycles. The van der Waals surface area contributed by atoms with Gasteiger partial charge >= 0.3 is 0 Å². The summed E-state index contributed by atoms with van der Waals surface area (Å²) in [7, 11) is -0.859. The Bertz CT molecular complexity index is 1150. The normalized spacial score (nSPS) is 18.0. The number of anilines is 2. The Hall–Kier alpha value is -3.33. The summed E-state index contributed by atoms with van der Waals surface area (Å²) < 4.78 is 16.5. The molecule has 0 saturated carbocycles. The van der Waals surface area contributed by atoms with E-state index in [2.05, 4.69) is 15.5 Å². The van der Waals surface area contributed by atoms with Gasteiger partial charge in [0.05, 0.1) is 0 Å². The molecular formula is C24H26N4O4S. The fourth-order valence-corrected chi connectivity index (χ4v) is 5.20. The standard InChI is InChI=1S/C24H26N4O4S/c1-16-3-4-17(2)21(13-16)28(24(30)19-9-11-33(31)12-10-19)14-22(29)26-20-7-5-18(6-8-20)23-25-15-32-27-23/h3-8,13,15,19H,9-12,14H2,1-2H3,(H,26,29). The van der Waals surface area contributed by atoms with E-state index in [-0.39, 0.29) is 24.3 Å². The van der Waals surface area contributed by atoms with Crippen molar-refractivity contribution in [2.75, 3.05) is 28.3 Å². The molecule has 0 bridgehead atoms. The highest BCUT2D eigenvalue weighted by Crippen LogP contribution is 2.27. The summed E-state index contributed by atoms with van der Waals surface area (Å²) in [6, 6.07) is 13.0. The molecule has 0 aliphatic carbocycles. The largest absolute Gasteiger partial charge is 0.342 e. The van der Waals surface area contributed by atoms with Crippen LogP contribution in [0.4, 0.5) is 11.4 Å². The van der Waals surface area contributed by atoms with Crippen molar-refractivity contribution in [2.24, 2.45) is 5.92 Å². The minimum absolute atomic E-state index is 0.0944. The summed E-state index contributed by atoms with van der Waals surface area (Å²) in [6.07, 6.45) is 2.41. The molecule has 33 heavy (non-hydrogen) atoms. The lowest BCUT2D eigenvalue weighted by molar-refractivity contribution is -0.124. The Morgan fingerprint density at radius 3 is 2.52 bits per heavy atom. The molecular weight excluding hydrogens is 440 g/mol. The van der Waals surface area contributed by atoms with Gasteiger partial charge in [0.15, 0.2) is 0 Å². The molecule has 1 aromatic heterocycles. The molecule has 1 aliphatic rings. The molecule has 1 N–H and O–H groups in total. The van der Waals surface area contributed by atoms with E-state index in [0.29, 0.717) is 35.9 Å². The van der Waals surface area contributed by atoms with Crippen LogP contribution in [0, 0.1) is 19.8 Å². The first-order chi connectivity index (χ1) is 15.9. The number of benzene rings is 2. The van der Waals surface area contributed by atoms with Gasteiger partial charge in [0.1, 0.15) is 6.54 Å². The third-order valence-corrected chi connectivity index (χ3v) is 7.13. The lowest BCUT2D eigenvalue weighted by Crippen LogP contribution is -2.43. The number of aromatic nitrogens is 2. The third-order valence-electron chi connectivity index (χ3n) is 5.75. The fraction of sp³-hybridized carbons (Fsp3) is 0.333. The van der Waals surface area contributed by atoms with Crippen LogP contribution in [0.2, 0.25) is 0 Å². The first-order valence-corrected chi connectivity index (χ1v) is 12.3. The van der Waals surface area contributed by atoms with Crippen LogP contribution in [0.5, 0.6) is 0 Å². The van der Waals surface area contributed by atoms with Crippen LogP contribution in [0.3, 0.4) is 0 Å². The van der Waals surface area contributed by atoms with E-state index in [0.717, 1.165) is 22.4 Å². The Morgan fingerprint density at radius 2 is 1.85 bits per heavy atom. The first-order valence-electron chi connectivity index (χ1n) is 10.8. The van der Waals surface area contributed by atoms with Gasteiger partial charge < -0.3 is 14.7 Å². The van der Waals surface area contributed by atoms with E-state index < -0.39 is 10.8 Å². The van der Waals surface area contributed by atoms with Gasteiger partial charge in [-0.2, -0.15) is 4.98 Å². The Labute approximate surface area is 194 Å². The maximum absolute atomic E-state index is 13.5. The van der Waals surface area contributed by atoms with Crippen molar-refractivity contribution in [3.8, 4) is 11.4 Å². The third kappa shape index (κ3) is 5.54. The molecule has 0 atom stereocenters. The number of rotatable bonds is 6. The SMILES string of the molecule is Cc1ccc(C)c(N(CC(=O)Nc2ccc(-c3ncon3)cc2)C(=O)C2CCS(=O)CC2)c1. The highest BCUT2D eigenvalue weighted by molar-refractivity contribution is 7.85. The van der Waals surface area contributed by atoms with Crippen molar-refractivity contribution in [2.45, 2.75) is 26.7 Å². The lowest BCUT2D eigenvalue weighted by atomic mass is 9.99. The number of hydrogen-bond acceptors (Lipinski definition) is 6. The minimum atomic E-state index is -0.859. The maximum atomic E-state index is 13.5. The summed E-state index contributed by atoms with van der Waals surface area (Å²) in [4.78, 5) is 32.0. The Morgan fingerprint density at radius 1 is 1.12 bits per heavy atom. The van der Waals surface area contributed by atoms with Gasteiger partial charge in [-0.1, -0.05) is 17.3 Å². The van der Waals surface area contributed by atoms with E-state index in [1.54, 1.807) is 29.2 Å². The molecule has 2 amide bonds. The Kier molecular flexibility index (Phi) is 6.98. The van der Waals surface area contributed by atoms with E-state index in [1.807, 2.05) is 32.0 Å². The first kappa shape index (κ1) is 22.8. The molecule has 2 heterocycles. The number of nitrogens with zero attached hydrogens (tertiary/aromatic N) is 3. The van der Waals surface area contributed by atoms with E-state index in [9.17, 15) is 13.8 Å². The van der Waals surface area contributed by atoms with Crippen LogP contribution in [-0.2, 0) is 20.4 Å². The van der Waals surface area contributed by atoms with Gasteiger partial charge in [-0.05, 0) is 68.1 Å². The number of carbonyl (C=O) groups excluding carboxylic acids is 2. The molecule has 4 rings (SSSR count). The fourth-order valence-electron chi connectivity index (χ4n) is 3.90. The van der Waals surface area contributed by atoms with Gasteiger partial charge in [0, 0.05) is 45.2 Å². The Balaban J connectivity index is 1.51. The molecule has 1 fully saturated rings. The molecule has 3 aromatic rings. The summed E-state index contributed by atoms with van der Waals surface area (Å²) in [5.41, 5.74) is 4.04. The monoisotopic (exact) mass is 466 g/mol. The molecule has 1 saturated heterocycles. The molecule has 172 valence electrons. The van der Waals surface area contributed by atoms with Crippen molar-refractivity contribution >= 4 is 34.0 Å². The summed E-state index contributed by atoms with van der Waals surface area (Å²) in [6.45, 7) is 3.79. The molecule has 2 aromatic carbocycles. The lowest BCUT2D eigenvalue weighted by Gasteiger charge is -2.30. The van der Waals surface area contributed by atoms with Crippen LogP contribution < -0.4 is 10.2 Å². The van der Waals surface area contributed by atoms with Crippen molar-refractivity contribution in [3.63, 3.8) is 0 Å². The van der Waals surface area contributed by atoms with Gasteiger partial charge in [0.2, 0.25) is 24.0 Å². The molecule has 0 radical (unpaired) electrons. The van der Waals surface area contributed by atoms with Crippen LogP contribution >= 0.6 is 0 Å². The van der Waals surface area contributed by atoms with Crippen LogP contribution in [0.1, 0.15) is 24.0 Å². The van der Waals surface area contributed by atoms with Crippen molar-refractivity contribution in [3.05, 3.63) is 60.0 Å². The molecule has 0 unspecified atom stereocenters. The number of aryl methyl sites for hydroxylation is 2. The highest BCUT2D eigenvalue weighted by atomic mass is 32.2. The van der Waals surface area contributed by atoms with Crippen LogP contribution in [-0.4, -0.2) is 44.2 Å². The predicted octanol–water partition coefficient (Wildman–Crippen LogP) is 3.48. The summed E-state index contributed by atoms with van der Waals surface area (Å²) in [5.74, 6) is 0.892. The summed E-state index contributed by atoms with van der Waals surface area (Å²) in [5, 5.41) is 6.66. The quantitative estimate of drug-likeness (QED) is 0.596. The van der Waals surface area contributed by atoms with E-state index >= 15 is 0 Å². The zero-order valence-electron chi connectivity index (χ0n) is 18.6. The number of hydrogen-bond donors (Lipinski definition) is 1. The smallest absolute Gasteiger partial charge is 0.244 e. The highest BCUT2D eigenvalue weighted by Gasteiger charge is 2.31. The number of carbonyl (C=O) groups is 2. The molecule has 8 nitrogen and oxygen atoms in total. The second-order valence-electron chi connectivity index (χ2n) is 8.22. The van der Waals surface area contributed by atoms with Gasteiger partial charge in [0.25, 0.3) is 0 Å². The average Bonchev–Trinajstić information content (AvgIpc) is 3.35. The van der Waals surface area contributed by atoms with E-state index in [1.165, 1.54) is 6.39 Å². The second-order valence-corrected chi connectivity index (χ2v) is 9.91. The zero-order valence-corrected chi connectivity index (χ0v) is 19.4. The average molecular weight is 467 g/mol. The number of amides is 2. The summed E-state index contributed by atoms with van der Waals surface area (Å²) >= 11 is 0. The van der Waals surface area contributed by atoms with Crippen LogP contribution in [0.25, 0.3) is 11.4 Å². The van der Waals surface area contributed by atoms with Crippen molar-refractivity contribution < 1.29 is 18.3 Å². The maximum Gasteiger partial charge on any atom is 0.244 e. The second kappa shape index (κ2) is 10.1. The number of nitrogens with one attached hydrogen (secondary N) is 1. The van der Waals surface area contributed by atoms with E-state index in [4.69, 9.17) is 4.52 Å². The van der Waals surface area contributed by atoms with Crippen LogP contribution in [0.15, 0.2) is 53.4 Å². The minimum Gasteiger partial charge on any atom is -0.342 e. The topological polar surface area (TPSA) is 105 Å². The predicted molar refractivity (Wildman–Crippen MR) is 127 cm³/mol. The van der Waals surface area contributed by atoms with Gasteiger partial charge in [-0.25, -0.2) is 0 Å². The van der Waals surface area contributed by atoms with Gasteiger partial charge in [-0.3, -0.25) is 13.8 Å². The zero-order chi connectivity index (χ0) is 23.4. The van der Waals surface area contributed by atoms with Crippen molar-refractivity contribution in [1.29, 1.82) is 0 Å².